The van der Waals surface area contributed by atoms with Crippen molar-refractivity contribution in [2.75, 3.05) is 26.3 Å². The van der Waals surface area contributed by atoms with Crippen LogP contribution in [0.25, 0.3) is 0 Å². The Kier molecular flexibility index (Phi) is 4.13. The third-order valence-corrected chi connectivity index (χ3v) is 2.60. The van der Waals surface area contributed by atoms with Gasteiger partial charge >= 0.3 is 6.09 Å². The van der Waals surface area contributed by atoms with Gasteiger partial charge in [0.05, 0.1) is 6.67 Å². The van der Waals surface area contributed by atoms with Crippen LogP contribution in [-0.2, 0) is 0 Å². The second kappa shape index (κ2) is 5.14. The number of alkyl halides is 1. The van der Waals surface area contributed by atoms with Crippen molar-refractivity contribution in [2.45, 2.75) is 19.4 Å². The van der Waals surface area contributed by atoms with Crippen molar-refractivity contribution in [3.05, 3.63) is 0 Å². The summed E-state index contributed by atoms with van der Waals surface area (Å²) in [5.74, 6) is 0.311. The average molecular weight is 204 g/mol. The first-order valence-corrected chi connectivity index (χ1v) is 4.91. The number of amides is 1. The summed E-state index contributed by atoms with van der Waals surface area (Å²) in [6.07, 6.45) is -0.443. The summed E-state index contributed by atoms with van der Waals surface area (Å²) in [6, 6.07) is -0.00730. The van der Waals surface area contributed by atoms with Crippen LogP contribution in [0.2, 0.25) is 0 Å². The highest BCUT2D eigenvalue weighted by Gasteiger charge is 2.29. The molecule has 1 aliphatic heterocycles. The second-order valence-corrected chi connectivity index (χ2v) is 3.84. The summed E-state index contributed by atoms with van der Waals surface area (Å²) < 4.78 is 11.9. The number of nitrogens with zero attached hydrogens (tertiary/aromatic N) is 1. The molecule has 1 amide bonds. The molecule has 1 heterocycles. The topological polar surface area (TPSA) is 52.6 Å². The van der Waals surface area contributed by atoms with Crippen LogP contribution in [0, 0.1) is 5.92 Å². The number of rotatable bonds is 4. The van der Waals surface area contributed by atoms with E-state index in [-0.39, 0.29) is 12.7 Å². The van der Waals surface area contributed by atoms with Gasteiger partial charge in [-0.1, -0.05) is 6.92 Å². The standard InChI is InChI=1S/C9H17FN2O2/c1-7-5-12(4-2-3-10)6-8(7)11-9(13)14/h7-8,11H,2-6H2,1H3,(H,13,14). The lowest BCUT2D eigenvalue weighted by molar-refractivity contribution is 0.187. The van der Waals surface area contributed by atoms with E-state index in [1.54, 1.807) is 0 Å². The molecule has 0 aromatic carbocycles. The van der Waals surface area contributed by atoms with Gasteiger partial charge in [0.2, 0.25) is 0 Å². The molecule has 2 atom stereocenters. The Morgan fingerprint density at radius 1 is 1.64 bits per heavy atom. The minimum absolute atomic E-state index is 0.00730. The molecule has 0 saturated carbocycles. The maximum Gasteiger partial charge on any atom is 0.404 e. The summed E-state index contributed by atoms with van der Waals surface area (Å²) in [4.78, 5) is 12.5. The number of hydrogen-bond donors (Lipinski definition) is 2. The lowest BCUT2D eigenvalue weighted by Crippen LogP contribution is -2.39. The first kappa shape index (κ1) is 11.2. The van der Waals surface area contributed by atoms with E-state index in [4.69, 9.17) is 5.11 Å². The fourth-order valence-corrected chi connectivity index (χ4v) is 1.88. The van der Waals surface area contributed by atoms with Crippen molar-refractivity contribution < 1.29 is 14.3 Å². The van der Waals surface area contributed by atoms with Gasteiger partial charge in [0, 0.05) is 25.7 Å². The smallest absolute Gasteiger partial charge is 0.404 e. The number of halogens is 1. The summed E-state index contributed by atoms with van der Waals surface area (Å²) in [5, 5.41) is 11.0. The van der Waals surface area contributed by atoms with Crippen molar-refractivity contribution in [3.8, 4) is 0 Å². The van der Waals surface area contributed by atoms with Crippen molar-refractivity contribution in [1.82, 2.24) is 10.2 Å². The number of likely N-dealkylation sites (tertiary alicyclic amines) is 1. The molecule has 1 aliphatic rings. The molecule has 2 N–H and O–H groups in total. The lowest BCUT2D eigenvalue weighted by atomic mass is 10.1. The van der Waals surface area contributed by atoms with Crippen molar-refractivity contribution in [1.29, 1.82) is 0 Å². The van der Waals surface area contributed by atoms with Crippen LogP contribution >= 0.6 is 0 Å². The molecule has 0 radical (unpaired) electrons. The summed E-state index contributed by atoms with van der Waals surface area (Å²) in [7, 11) is 0. The van der Waals surface area contributed by atoms with Crippen LogP contribution in [0.1, 0.15) is 13.3 Å². The number of nitrogens with one attached hydrogen (secondary N) is 1. The highest BCUT2D eigenvalue weighted by Crippen LogP contribution is 2.16. The van der Waals surface area contributed by atoms with E-state index in [0.717, 1.165) is 13.1 Å². The predicted molar refractivity (Wildman–Crippen MR) is 51.1 cm³/mol. The SMILES string of the molecule is CC1CN(CCCF)CC1NC(=O)O. The average Bonchev–Trinajstić information content (AvgIpc) is 2.43. The van der Waals surface area contributed by atoms with E-state index in [9.17, 15) is 9.18 Å². The summed E-state index contributed by atoms with van der Waals surface area (Å²) in [6.45, 7) is 3.98. The van der Waals surface area contributed by atoms with E-state index < -0.39 is 6.09 Å². The number of hydrogen-bond acceptors (Lipinski definition) is 2. The van der Waals surface area contributed by atoms with E-state index in [1.165, 1.54) is 0 Å². The molecule has 2 unspecified atom stereocenters. The lowest BCUT2D eigenvalue weighted by Gasteiger charge is -2.14. The third-order valence-electron chi connectivity index (χ3n) is 2.60. The Morgan fingerprint density at radius 3 is 2.93 bits per heavy atom. The summed E-state index contributed by atoms with van der Waals surface area (Å²) >= 11 is 0. The zero-order valence-corrected chi connectivity index (χ0v) is 8.37. The molecule has 82 valence electrons. The van der Waals surface area contributed by atoms with Crippen LogP contribution < -0.4 is 5.32 Å². The Balaban J connectivity index is 2.31. The fourth-order valence-electron chi connectivity index (χ4n) is 1.88. The van der Waals surface area contributed by atoms with Crippen LogP contribution in [0.5, 0.6) is 0 Å². The molecular formula is C9H17FN2O2. The Bertz CT molecular complexity index is 201. The Hall–Kier alpha value is -0.840. The molecule has 5 heteroatoms. The molecule has 1 saturated heterocycles. The molecule has 1 fully saturated rings. The molecule has 1 rings (SSSR count). The van der Waals surface area contributed by atoms with Gasteiger partial charge < -0.3 is 15.3 Å². The van der Waals surface area contributed by atoms with Crippen LogP contribution in [0.4, 0.5) is 9.18 Å². The van der Waals surface area contributed by atoms with Gasteiger partial charge in [-0.25, -0.2) is 4.79 Å². The van der Waals surface area contributed by atoms with Crippen molar-refractivity contribution >= 4 is 6.09 Å². The van der Waals surface area contributed by atoms with Gasteiger partial charge in [-0.15, -0.1) is 0 Å². The van der Waals surface area contributed by atoms with Crippen LogP contribution in [-0.4, -0.2) is 48.5 Å². The first-order chi connectivity index (χ1) is 6.63. The van der Waals surface area contributed by atoms with Crippen LogP contribution in [0.15, 0.2) is 0 Å². The van der Waals surface area contributed by atoms with Crippen molar-refractivity contribution in [2.24, 2.45) is 5.92 Å². The Morgan fingerprint density at radius 2 is 2.36 bits per heavy atom. The van der Waals surface area contributed by atoms with Gasteiger partial charge in [0.1, 0.15) is 0 Å². The minimum atomic E-state index is -0.978. The first-order valence-electron chi connectivity index (χ1n) is 4.91. The van der Waals surface area contributed by atoms with E-state index >= 15 is 0 Å². The number of carboxylic acid groups (broad SMARTS) is 1. The summed E-state index contributed by atoms with van der Waals surface area (Å²) in [5.41, 5.74) is 0. The molecule has 0 aromatic rings. The molecule has 0 aliphatic carbocycles. The maximum atomic E-state index is 11.9. The van der Waals surface area contributed by atoms with E-state index in [0.29, 0.717) is 18.9 Å². The normalized spacial score (nSPS) is 27.9. The van der Waals surface area contributed by atoms with Gasteiger partial charge in [-0.3, -0.25) is 4.39 Å². The fraction of sp³-hybridized carbons (Fsp3) is 0.889. The predicted octanol–water partition coefficient (Wildman–Crippen LogP) is 0.934. The highest BCUT2D eigenvalue weighted by atomic mass is 19.1. The zero-order valence-electron chi connectivity index (χ0n) is 8.37. The Labute approximate surface area is 83.1 Å². The third kappa shape index (κ3) is 3.14. The highest BCUT2D eigenvalue weighted by molar-refractivity contribution is 5.65. The van der Waals surface area contributed by atoms with Crippen LogP contribution in [0.3, 0.4) is 0 Å². The molecule has 0 bridgehead atoms. The maximum absolute atomic E-state index is 11.9. The van der Waals surface area contributed by atoms with Gasteiger partial charge in [-0.05, 0) is 12.3 Å². The largest absolute Gasteiger partial charge is 0.465 e. The molecular weight excluding hydrogens is 187 g/mol. The molecule has 0 spiro atoms. The molecule has 4 nitrogen and oxygen atoms in total. The molecule has 0 aromatic heterocycles. The van der Waals surface area contributed by atoms with Gasteiger partial charge in [0.25, 0.3) is 0 Å². The van der Waals surface area contributed by atoms with E-state index in [2.05, 4.69) is 10.2 Å². The van der Waals surface area contributed by atoms with Gasteiger partial charge in [-0.2, -0.15) is 0 Å². The van der Waals surface area contributed by atoms with E-state index in [1.807, 2.05) is 6.92 Å². The van der Waals surface area contributed by atoms with Gasteiger partial charge in [0.15, 0.2) is 0 Å². The minimum Gasteiger partial charge on any atom is -0.465 e. The molecule has 14 heavy (non-hydrogen) atoms. The second-order valence-electron chi connectivity index (χ2n) is 3.84. The van der Waals surface area contributed by atoms with Crippen molar-refractivity contribution in [3.63, 3.8) is 0 Å². The zero-order chi connectivity index (χ0) is 10.6. The number of carbonyl (C=O) groups is 1. The monoisotopic (exact) mass is 204 g/mol. The quantitative estimate of drug-likeness (QED) is 0.716.